The molecule has 21 heavy (non-hydrogen) atoms. The largest absolute Gasteiger partial charge is 0.339 e. The standard InChI is InChI=1S/C15H14Cl2N2O2/c16-11-5-3-6-12(17)10(11)8-14-18-15(21-19-14)9-4-1-2-7-13(9)20/h3,5-6,9H,1-2,4,7-8H2. The Morgan fingerprint density at radius 3 is 2.71 bits per heavy atom. The predicted molar refractivity (Wildman–Crippen MR) is 79.8 cm³/mol. The van der Waals surface area contributed by atoms with Crippen molar-refractivity contribution in [1.82, 2.24) is 10.1 Å². The van der Waals surface area contributed by atoms with Gasteiger partial charge in [0.1, 0.15) is 5.78 Å². The predicted octanol–water partition coefficient (Wildman–Crippen LogP) is 4.19. The van der Waals surface area contributed by atoms with Crippen LogP contribution in [0.15, 0.2) is 22.7 Å². The third kappa shape index (κ3) is 3.11. The van der Waals surface area contributed by atoms with Gasteiger partial charge in [0.05, 0.1) is 5.92 Å². The maximum absolute atomic E-state index is 11.9. The molecule has 0 aliphatic heterocycles. The van der Waals surface area contributed by atoms with E-state index in [1.54, 1.807) is 18.2 Å². The molecule has 3 rings (SSSR count). The van der Waals surface area contributed by atoms with Gasteiger partial charge in [0.15, 0.2) is 5.82 Å². The summed E-state index contributed by atoms with van der Waals surface area (Å²) in [5, 5.41) is 5.09. The highest BCUT2D eigenvalue weighted by Gasteiger charge is 2.29. The number of ketones is 1. The minimum Gasteiger partial charge on any atom is -0.339 e. The summed E-state index contributed by atoms with van der Waals surface area (Å²) in [7, 11) is 0. The average molecular weight is 325 g/mol. The number of nitrogens with zero attached hydrogens (tertiary/aromatic N) is 2. The van der Waals surface area contributed by atoms with Crippen LogP contribution >= 0.6 is 23.2 Å². The molecule has 1 atom stereocenters. The highest BCUT2D eigenvalue weighted by molar-refractivity contribution is 6.36. The molecule has 0 saturated heterocycles. The number of carbonyl (C=O) groups excluding carboxylic acids is 1. The first kappa shape index (κ1) is 14.5. The van der Waals surface area contributed by atoms with Crippen LogP contribution < -0.4 is 0 Å². The van der Waals surface area contributed by atoms with Gasteiger partial charge < -0.3 is 4.52 Å². The van der Waals surface area contributed by atoms with E-state index in [2.05, 4.69) is 10.1 Å². The summed E-state index contributed by atoms with van der Waals surface area (Å²) in [6.45, 7) is 0. The van der Waals surface area contributed by atoms with Gasteiger partial charge >= 0.3 is 0 Å². The minimum atomic E-state index is -0.248. The zero-order valence-electron chi connectivity index (χ0n) is 11.3. The molecule has 1 aliphatic carbocycles. The van der Waals surface area contributed by atoms with Gasteiger partial charge in [-0.1, -0.05) is 40.8 Å². The lowest BCUT2D eigenvalue weighted by molar-refractivity contribution is -0.122. The van der Waals surface area contributed by atoms with E-state index in [0.29, 0.717) is 34.6 Å². The highest BCUT2D eigenvalue weighted by atomic mass is 35.5. The second-order valence-corrected chi connectivity index (χ2v) is 6.00. The lowest BCUT2D eigenvalue weighted by Crippen LogP contribution is -2.17. The first-order valence-electron chi connectivity index (χ1n) is 6.93. The number of hydrogen-bond acceptors (Lipinski definition) is 4. The van der Waals surface area contributed by atoms with Crippen LogP contribution in [-0.2, 0) is 11.2 Å². The molecule has 1 aromatic carbocycles. The molecule has 0 N–H and O–H groups in total. The molecule has 0 amide bonds. The Morgan fingerprint density at radius 1 is 1.24 bits per heavy atom. The lowest BCUT2D eigenvalue weighted by atomic mass is 9.88. The van der Waals surface area contributed by atoms with Crippen LogP contribution in [0.4, 0.5) is 0 Å². The third-order valence-electron chi connectivity index (χ3n) is 3.73. The number of benzene rings is 1. The van der Waals surface area contributed by atoms with E-state index in [1.807, 2.05) is 0 Å². The van der Waals surface area contributed by atoms with Gasteiger partial charge in [-0.05, 0) is 30.5 Å². The fourth-order valence-corrected chi connectivity index (χ4v) is 3.12. The number of rotatable bonds is 3. The van der Waals surface area contributed by atoms with Gasteiger partial charge in [0.25, 0.3) is 0 Å². The minimum absolute atomic E-state index is 0.187. The van der Waals surface area contributed by atoms with Crippen LogP contribution in [-0.4, -0.2) is 15.9 Å². The van der Waals surface area contributed by atoms with Crippen molar-refractivity contribution in [2.75, 3.05) is 0 Å². The fourth-order valence-electron chi connectivity index (χ4n) is 2.58. The molecule has 0 radical (unpaired) electrons. The van der Waals surface area contributed by atoms with Crippen LogP contribution in [0.3, 0.4) is 0 Å². The summed E-state index contributed by atoms with van der Waals surface area (Å²) in [5.41, 5.74) is 0.767. The number of carbonyl (C=O) groups is 1. The van der Waals surface area contributed by atoms with Crippen molar-refractivity contribution in [1.29, 1.82) is 0 Å². The SMILES string of the molecule is O=C1CCCCC1c1nc(Cc2c(Cl)cccc2Cl)no1. The van der Waals surface area contributed by atoms with Crippen molar-refractivity contribution < 1.29 is 9.32 Å². The van der Waals surface area contributed by atoms with Crippen LogP contribution in [0.2, 0.25) is 10.0 Å². The van der Waals surface area contributed by atoms with E-state index in [1.165, 1.54) is 0 Å². The van der Waals surface area contributed by atoms with E-state index in [4.69, 9.17) is 27.7 Å². The molecule has 0 spiro atoms. The van der Waals surface area contributed by atoms with Crippen molar-refractivity contribution in [3.63, 3.8) is 0 Å². The monoisotopic (exact) mass is 324 g/mol. The summed E-state index contributed by atoms with van der Waals surface area (Å²) < 4.78 is 5.26. The van der Waals surface area contributed by atoms with E-state index in [-0.39, 0.29) is 11.7 Å². The molecule has 1 saturated carbocycles. The molecule has 1 unspecified atom stereocenters. The smallest absolute Gasteiger partial charge is 0.237 e. The van der Waals surface area contributed by atoms with Gasteiger partial charge in [-0.25, -0.2) is 0 Å². The van der Waals surface area contributed by atoms with E-state index in [0.717, 1.165) is 24.8 Å². The molecular weight excluding hydrogens is 311 g/mol. The third-order valence-corrected chi connectivity index (χ3v) is 4.44. The van der Waals surface area contributed by atoms with Crippen molar-refractivity contribution in [3.8, 4) is 0 Å². The molecule has 4 nitrogen and oxygen atoms in total. The zero-order chi connectivity index (χ0) is 14.8. The molecule has 6 heteroatoms. The summed E-state index contributed by atoms with van der Waals surface area (Å²) >= 11 is 12.3. The normalized spacial score (nSPS) is 19.0. The molecule has 0 bridgehead atoms. The maximum atomic E-state index is 11.9. The first-order chi connectivity index (χ1) is 10.1. The highest BCUT2D eigenvalue weighted by Crippen LogP contribution is 2.30. The summed E-state index contributed by atoms with van der Waals surface area (Å²) in [6.07, 6.45) is 3.74. The zero-order valence-corrected chi connectivity index (χ0v) is 12.8. The quantitative estimate of drug-likeness (QED) is 0.849. The van der Waals surface area contributed by atoms with Gasteiger partial charge in [-0.2, -0.15) is 4.98 Å². The number of aromatic nitrogens is 2. The first-order valence-corrected chi connectivity index (χ1v) is 7.69. The maximum Gasteiger partial charge on any atom is 0.237 e. The Hall–Kier alpha value is -1.39. The van der Waals surface area contributed by atoms with Crippen LogP contribution in [0, 0.1) is 0 Å². The van der Waals surface area contributed by atoms with Crippen molar-refractivity contribution in [3.05, 3.63) is 45.5 Å². The molecule has 1 aliphatic rings. The van der Waals surface area contributed by atoms with E-state index in [9.17, 15) is 4.79 Å². The van der Waals surface area contributed by atoms with Crippen molar-refractivity contribution in [2.24, 2.45) is 0 Å². The van der Waals surface area contributed by atoms with Crippen LogP contribution in [0.5, 0.6) is 0 Å². The summed E-state index contributed by atoms with van der Waals surface area (Å²) in [6, 6.07) is 5.33. The molecular formula is C15H14Cl2N2O2. The fraction of sp³-hybridized carbons (Fsp3) is 0.400. The molecule has 1 fully saturated rings. The van der Waals surface area contributed by atoms with Crippen molar-refractivity contribution >= 4 is 29.0 Å². The van der Waals surface area contributed by atoms with Gasteiger partial charge in [-0.3, -0.25) is 4.79 Å². The lowest BCUT2D eigenvalue weighted by Gasteiger charge is -2.16. The molecule has 1 heterocycles. The van der Waals surface area contributed by atoms with Gasteiger partial charge in [0, 0.05) is 22.9 Å². The van der Waals surface area contributed by atoms with Crippen LogP contribution in [0.1, 0.15) is 48.9 Å². The van der Waals surface area contributed by atoms with Crippen LogP contribution in [0.25, 0.3) is 0 Å². The Morgan fingerprint density at radius 2 is 2.00 bits per heavy atom. The summed E-state index contributed by atoms with van der Waals surface area (Å²) in [4.78, 5) is 16.2. The van der Waals surface area contributed by atoms with E-state index < -0.39 is 0 Å². The molecule has 110 valence electrons. The van der Waals surface area contributed by atoms with E-state index >= 15 is 0 Å². The van der Waals surface area contributed by atoms with Crippen molar-refractivity contribution in [2.45, 2.75) is 38.0 Å². The Bertz CT molecular complexity index is 649. The Balaban J connectivity index is 1.80. The second kappa shape index (κ2) is 6.16. The second-order valence-electron chi connectivity index (χ2n) is 5.19. The number of halogens is 2. The Labute approximate surface area is 132 Å². The van der Waals surface area contributed by atoms with Gasteiger partial charge in [0.2, 0.25) is 5.89 Å². The van der Waals surface area contributed by atoms with Gasteiger partial charge in [-0.15, -0.1) is 0 Å². The topological polar surface area (TPSA) is 56.0 Å². The number of Topliss-reactive ketones (excluding diaryl/α,β-unsaturated/α-hetero) is 1. The molecule has 2 aromatic rings. The average Bonchev–Trinajstić information content (AvgIpc) is 2.92. The number of hydrogen-bond donors (Lipinski definition) is 0. The summed E-state index contributed by atoms with van der Waals surface area (Å²) in [5.74, 6) is 0.852. The molecule has 1 aromatic heterocycles. The Kier molecular flexibility index (Phi) is 4.27.